The Morgan fingerprint density at radius 2 is 2.25 bits per heavy atom. The molecule has 16 heavy (non-hydrogen) atoms. The van der Waals surface area contributed by atoms with Crippen LogP contribution in [0.4, 0.5) is 0 Å². The Hall–Kier alpha value is -0.170. The van der Waals surface area contributed by atoms with Gasteiger partial charge in [-0.15, -0.1) is 0 Å². The van der Waals surface area contributed by atoms with Gasteiger partial charge in [-0.25, -0.2) is 13.1 Å². The summed E-state index contributed by atoms with van der Waals surface area (Å²) in [7, 11) is -3.19. The van der Waals surface area contributed by atoms with Crippen molar-refractivity contribution in [2.24, 2.45) is 5.92 Å². The Labute approximate surface area is 98.0 Å². The van der Waals surface area contributed by atoms with Crippen molar-refractivity contribution in [3.05, 3.63) is 0 Å². The van der Waals surface area contributed by atoms with Crippen LogP contribution in [0.3, 0.4) is 0 Å². The maximum atomic E-state index is 11.8. The number of ether oxygens (including phenoxy) is 1. The lowest BCUT2D eigenvalue weighted by atomic mass is 10.1. The maximum absolute atomic E-state index is 11.8. The van der Waals surface area contributed by atoms with Crippen LogP contribution in [0.2, 0.25) is 0 Å². The number of hydrogen-bond acceptors (Lipinski definition) is 4. The van der Waals surface area contributed by atoms with E-state index >= 15 is 0 Å². The topological polar surface area (TPSA) is 67.4 Å². The lowest BCUT2D eigenvalue weighted by Gasteiger charge is -2.15. The summed E-state index contributed by atoms with van der Waals surface area (Å²) in [5.41, 5.74) is 0. The second-order valence-corrected chi connectivity index (χ2v) is 6.42. The fourth-order valence-corrected chi connectivity index (χ4v) is 2.67. The monoisotopic (exact) mass is 250 g/mol. The molecule has 2 atom stereocenters. The van der Waals surface area contributed by atoms with Crippen molar-refractivity contribution in [3.8, 4) is 0 Å². The fourth-order valence-electron chi connectivity index (χ4n) is 1.58. The van der Waals surface area contributed by atoms with Crippen molar-refractivity contribution in [2.45, 2.75) is 25.5 Å². The first kappa shape index (κ1) is 13.9. The first-order valence-corrected chi connectivity index (χ1v) is 7.37. The minimum absolute atomic E-state index is 0.334. The van der Waals surface area contributed by atoms with Gasteiger partial charge in [-0.2, -0.15) is 0 Å². The van der Waals surface area contributed by atoms with Gasteiger partial charge in [0.25, 0.3) is 0 Å². The third kappa shape index (κ3) is 4.37. The SMILES string of the molecule is CCNCC(C)S(=O)(=O)NCC1CCOC1. The standard InChI is InChI=1S/C10H22N2O3S/c1-3-11-6-9(2)16(13,14)12-7-10-4-5-15-8-10/h9-12H,3-8H2,1-2H3. The van der Waals surface area contributed by atoms with E-state index in [9.17, 15) is 8.42 Å². The van der Waals surface area contributed by atoms with Gasteiger partial charge in [0.1, 0.15) is 0 Å². The van der Waals surface area contributed by atoms with E-state index in [0.29, 0.717) is 25.6 Å². The van der Waals surface area contributed by atoms with E-state index in [2.05, 4.69) is 10.0 Å². The van der Waals surface area contributed by atoms with Gasteiger partial charge < -0.3 is 10.1 Å². The van der Waals surface area contributed by atoms with E-state index < -0.39 is 15.3 Å². The molecule has 1 rings (SSSR count). The van der Waals surface area contributed by atoms with Crippen LogP contribution in [0.1, 0.15) is 20.3 Å². The largest absolute Gasteiger partial charge is 0.381 e. The molecule has 5 nitrogen and oxygen atoms in total. The van der Waals surface area contributed by atoms with E-state index in [0.717, 1.165) is 19.6 Å². The van der Waals surface area contributed by atoms with Crippen molar-refractivity contribution < 1.29 is 13.2 Å². The Morgan fingerprint density at radius 3 is 2.81 bits per heavy atom. The summed E-state index contributed by atoms with van der Waals surface area (Å²) >= 11 is 0. The number of sulfonamides is 1. The van der Waals surface area contributed by atoms with Gasteiger partial charge in [0.05, 0.1) is 11.9 Å². The van der Waals surface area contributed by atoms with Gasteiger partial charge in [-0.3, -0.25) is 0 Å². The molecule has 0 aromatic carbocycles. The van der Waals surface area contributed by atoms with Crippen molar-refractivity contribution in [1.29, 1.82) is 0 Å². The van der Waals surface area contributed by atoms with E-state index in [4.69, 9.17) is 4.74 Å². The summed E-state index contributed by atoms with van der Waals surface area (Å²) in [6.45, 7) is 6.88. The Kier molecular flexibility index (Phi) is 5.68. The number of nitrogens with one attached hydrogen (secondary N) is 2. The Bertz CT molecular complexity index is 286. The van der Waals surface area contributed by atoms with E-state index in [1.807, 2.05) is 6.92 Å². The molecule has 0 radical (unpaired) electrons. The molecule has 0 aliphatic carbocycles. The molecule has 0 bridgehead atoms. The van der Waals surface area contributed by atoms with E-state index in [-0.39, 0.29) is 0 Å². The second-order valence-electron chi connectivity index (χ2n) is 4.24. The smallest absolute Gasteiger partial charge is 0.215 e. The molecule has 2 N–H and O–H groups in total. The average molecular weight is 250 g/mol. The minimum atomic E-state index is -3.19. The van der Waals surface area contributed by atoms with Crippen LogP contribution >= 0.6 is 0 Å². The summed E-state index contributed by atoms with van der Waals surface area (Å²) in [5.74, 6) is 0.334. The Morgan fingerprint density at radius 1 is 1.50 bits per heavy atom. The predicted octanol–water partition coefficient (Wildman–Crippen LogP) is -0.0597. The summed E-state index contributed by atoms with van der Waals surface area (Å²) in [4.78, 5) is 0. The van der Waals surface area contributed by atoms with Gasteiger partial charge in [-0.1, -0.05) is 6.92 Å². The highest BCUT2D eigenvalue weighted by atomic mass is 32.2. The van der Waals surface area contributed by atoms with Gasteiger partial charge in [0, 0.05) is 19.7 Å². The highest BCUT2D eigenvalue weighted by Gasteiger charge is 2.23. The average Bonchev–Trinajstić information content (AvgIpc) is 2.76. The minimum Gasteiger partial charge on any atom is -0.381 e. The molecule has 1 aliphatic heterocycles. The molecule has 0 aromatic heterocycles. The van der Waals surface area contributed by atoms with E-state index in [1.54, 1.807) is 6.92 Å². The fraction of sp³-hybridized carbons (Fsp3) is 1.00. The second kappa shape index (κ2) is 6.54. The third-order valence-corrected chi connectivity index (χ3v) is 4.60. The highest BCUT2D eigenvalue weighted by Crippen LogP contribution is 2.11. The quantitative estimate of drug-likeness (QED) is 0.664. The molecule has 1 aliphatic rings. The molecule has 6 heteroatoms. The van der Waals surface area contributed by atoms with Gasteiger partial charge in [-0.05, 0) is 25.8 Å². The lowest BCUT2D eigenvalue weighted by Crippen LogP contribution is -2.40. The molecule has 1 fully saturated rings. The molecule has 0 amide bonds. The Balaban J connectivity index is 2.32. The van der Waals surface area contributed by atoms with Crippen LogP contribution in [0.25, 0.3) is 0 Å². The molecule has 96 valence electrons. The van der Waals surface area contributed by atoms with Crippen molar-refractivity contribution in [1.82, 2.24) is 10.0 Å². The molecular weight excluding hydrogens is 228 g/mol. The van der Waals surface area contributed by atoms with Crippen LogP contribution in [0, 0.1) is 5.92 Å². The number of rotatable bonds is 7. The summed E-state index contributed by atoms with van der Waals surface area (Å²) in [6, 6.07) is 0. The lowest BCUT2D eigenvalue weighted by molar-refractivity contribution is 0.186. The van der Waals surface area contributed by atoms with Crippen molar-refractivity contribution in [3.63, 3.8) is 0 Å². The summed E-state index contributed by atoms with van der Waals surface area (Å²) in [6.07, 6.45) is 0.949. The van der Waals surface area contributed by atoms with Gasteiger partial charge >= 0.3 is 0 Å². The van der Waals surface area contributed by atoms with Crippen molar-refractivity contribution in [2.75, 3.05) is 32.8 Å². The normalized spacial score (nSPS) is 23.5. The van der Waals surface area contributed by atoms with Gasteiger partial charge in [0.15, 0.2) is 0 Å². The molecular formula is C10H22N2O3S. The molecule has 2 unspecified atom stereocenters. The highest BCUT2D eigenvalue weighted by molar-refractivity contribution is 7.90. The van der Waals surface area contributed by atoms with Crippen LogP contribution in [0.15, 0.2) is 0 Å². The first-order chi connectivity index (χ1) is 7.56. The van der Waals surface area contributed by atoms with Crippen LogP contribution in [0.5, 0.6) is 0 Å². The van der Waals surface area contributed by atoms with Gasteiger partial charge in [0.2, 0.25) is 10.0 Å². The zero-order valence-corrected chi connectivity index (χ0v) is 10.8. The molecule has 0 aromatic rings. The van der Waals surface area contributed by atoms with E-state index in [1.165, 1.54) is 0 Å². The van der Waals surface area contributed by atoms with Crippen LogP contribution in [-0.2, 0) is 14.8 Å². The van der Waals surface area contributed by atoms with Crippen LogP contribution < -0.4 is 10.0 Å². The van der Waals surface area contributed by atoms with Crippen LogP contribution in [-0.4, -0.2) is 46.5 Å². The zero-order valence-electron chi connectivity index (χ0n) is 10.0. The molecule has 0 spiro atoms. The maximum Gasteiger partial charge on any atom is 0.215 e. The zero-order chi connectivity index (χ0) is 12.0. The molecule has 1 saturated heterocycles. The third-order valence-electron chi connectivity index (χ3n) is 2.81. The number of hydrogen-bond donors (Lipinski definition) is 2. The molecule has 1 heterocycles. The predicted molar refractivity (Wildman–Crippen MR) is 63.9 cm³/mol. The molecule has 0 saturated carbocycles. The first-order valence-electron chi connectivity index (χ1n) is 5.83. The van der Waals surface area contributed by atoms with Crippen molar-refractivity contribution >= 4 is 10.0 Å². The summed E-state index contributed by atoms with van der Waals surface area (Å²) in [5, 5.41) is 2.64. The summed E-state index contributed by atoms with van der Waals surface area (Å²) < 4.78 is 31.5.